The Morgan fingerprint density at radius 1 is 1.18 bits per heavy atom. The van der Waals surface area contributed by atoms with Gasteiger partial charge in [0.25, 0.3) is 5.91 Å². The molecule has 1 saturated heterocycles. The molecule has 2 N–H and O–H groups in total. The lowest BCUT2D eigenvalue weighted by Gasteiger charge is -2.17. The van der Waals surface area contributed by atoms with Crippen LogP contribution >= 0.6 is 11.6 Å². The maximum atomic E-state index is 13.2. The van der Waals surface area contributed by atoms with E-state index in [1.165, 1.54) is 0 Å². The molecule has 3 heterocycles. The van der Waals surface area contributed by atoms with E-state index in [-0.39, 0.29) is 11.9 Å². The molecule has 144 valence electrons. The van der Waals surface area contributed by atoms with Gasteiger partial charge in [-0.25, -0.2) is 4.68 Å². The molecule has 1 saturated carbocycles. The van der Waals surface area contributed by atoms with Crippen LogP contribution in [0.15, 0.2) is 53.1 Å². The second-order valence-electron chi connectivity index (χ2n) is 7.66. The van der Waals surface area contributed by atoms with Gasteiger partial charge < -0.3 is 15.1 Å². The highest BCUT2D eigenvalue weighted by molar-refractivity contribution is 6.30. The predicted octanol–water partition coefficient (Wildman–Crippen LogP) is 3.60. The van der Waals surface area contributed by atoms with Crippen LogP contribution in [0.4, 0.5) is 0 Å². The number of amides is 1. The van der Waals surface area contributed by atoms with Crippen LogP contribution in [0.1, 0.15) is 23.3 Å². The number of benzene rings is 1. The molecule has 3 atom stereocenters. The normalized spacial score (nSPS) is 23.9. The first kappa shape index (κ1) is 17.5. The van der Waals surface area contributed by atoms with Crippen molar-refractivity contribution < 1.29 is 9.21 Å². The number of carbonyl (C=O) groups is 1. The maximum Gasteiger partial charge on any atom is 0.274 e. The van der Waals surface area contributed by atoms with E-state index in [9.17, 15) is 4.79 Å². The Labute approximate surface area is 167 Å². The number of fused-ring (bicyclic) bond motifs is 1. The fraction of sp³-hybridized carbons (Fsp3) is 0.333. The molecule has 0 bridgehead atoms. The summed E-state index contributed by atoms with van der Waals surface area (Å²) in [6.07, 6.45) is 3.77. The van der Waals surface area contributed by atoms with E-state index in [1.54, 1.807) is 29.1 Å². The van der Waals surface area contributed by atoms with Crippen molar-refractivity contribution in [3.8, 4) is 17.1 Å². The molecule has 28 heavy (non-hydrogen) atoms. The number of rotatable bonds is 3. The molecule has 1 aliphatic carbocycles. The Morgan fingerprint density at radius 3 is 2.71 bits per heavy atom. The van der Waals surface area contributed by atoms with Crippen molar-refractivity contribution >= 4 is 17.5 Å². The third-order valence-corrected chi connectivity index (χ3v) is 6.22. The molecule has 2 aliphatic rings. The molecule has 1 amide bonds. The van der Waals surface area contributed by atoms with Gasteiger partial charge in [-0.1, -0.05) is 11.6 Å². The van der Waals surface area contributed by atoms with Gasteiger partial charge in [-0.05, 0) is 61.1 Å². The van der Waals surface area contributed by atoms with Crippen molar-refractivity contribution in [1.29, 1.82) is 0 Å². The van der Waals surface area contributed by atoms with Crippen molar-refractivity contribution in [3.05, 3.63) is 59.4 Å². The third kappa shape index (κ3) is 2.93. The van der Waals surface area contributed by atoms with E-state index in [0.717, 1.165) is 30.8 Å². The Balaban J connectivity index is 1.49. The van der Waals surface area contributed by atoms with Crippen molar-refractivity contribution in [1.82, 2.24) is 14.7 Å². The van der Waals surface area contributed by atoms with Gasteiger partial charge in [0.15, 0.2) is 11.5 Å². The highest BCUT2D eigenvalue weighted by Gasteiger charge is 2.43. The molecule has 0 spiro atoms. The minimum atomic E-state index is -0.0536. The Morgan fingerprint density at radius 2 is 2.00 bits per heavy atom. The van der Waals surface area contributed by atoms with E-state index in [2.05, 4.69) is 5.10 Å². The number of likely N-dealkylation sites (tertiary alicyclic amines) is 1. The van der Waals surface area contributed by atoms with Gasteiger partial charge in [-0.3, -0.25) is 4.79 Å². The molecule has 2 fully saturated rings. The zero-order chi connectivity index (χ0) is 19.3. The van der Waals surface area contributed by atoms with Gasteiger partial charge >= 0.3 is 0 Å². The largest absolute Gasteiger partial charge is 0.463 e. The second kappa shape index (κ2) is 6.79. The van der Waals surface area contributed by atoms with Crippen LogP contribution in [0.25, 0.3) is 17.1 Å². The summed E-state index contributed by atoms with van der Waals surface area (Å²) in [7, 11) is 0. The quantitative estimate of drug-likeness (QED) is 0.733. The molecule has 0 radical (unpaired) electrons. The average Bonchev–Trinajstić information content (AvgIpc) is 3.47. The maximum absolute atomic E-state index is 13.2. The van der Waals surface area contributed by atoms with Gasteiger partial charge in [0, 0.05) is 30.2 Å². The monoisotopic (exact) mass is 396 g/mol. The molecular weight excluding hydrogens is 376 g/mol. The van der Waals surface area contributed by atoms with E-state index in [0.29, 0.717) is 34.9 Å². The number of halogens is 1. The van der Waals surface area contributed by atoms with E-state index in [4.69, 9.17) is 21.8 Å². The number of nitrogens with two attached hydrogens (primary N) is 1. The second-order valence-corrected chi connectivity index (χ2v) is 8.09. The molecule has 1 aliphatic heterocycles. The Bertz CT molecular complexity index is 996. The summed E-state index contributed by atoms with van der Waals surface area (Å²) >= 11 is 6.02. The molecule has 3 aromatic rings. The SMILES string of the molecule is NC1CCC2CN(C(=O)c3cc(-c4ccco4)n(-c4ccc(Cl)cc4)n3)CC12. The molecule has 2 aromatic heterocycles. The average molecular weight is 397 g/mol. The topological polar surface area (TPSA) is 77.3 Å². The molecule has 3 unspecified atom stereocenters. The number of aromatic nitrogens is 2. The van der Waals surface area contributed by atoms with Crippen molar-refractivity contribution in [2.75, 3.05) is 13.1 Å². The first-order valence-electron chi connectivity index (χ1n) is 9.55. The van der Waals surface area contributed by atoms with E-state index in [1.807, 2.05) is 29.2 Å². The lowest BCUT2D eigenvalue weighted by molar-refractivity contribution is 0.0773. The van der Waals surface area contributed by atoms with Gasteiger partial charge in [-0.15, -0.1) is 0 Å². The summed E-state index contributed by atoms with van der Waals surface area (Å²) in [4.78, 5) is 15.1. The Kier molecular flexibility index (Phi) is 4.25. The number of carbonyl (C=O) groups excluding carboxylic acids is 1. The van der Waals surface area contributed by atoms with Crippen molar-refractivity contribution in [2.24, 2.45) is 17.6 Å². The van der Waals surface area contributed by atoms with Crippen LogP contribution in [0.5, 0.6) is 0 Å². The van der Waals surface area contributed by atoms with Gasteiger partial charge in [-0.2, -0.15) is 5.10 Å². The van der Waals surface area contributed by atoms with Gasteiger partial charge in [0.05, 0.1) is 12.0 Å². The number of hydrogen-bond acceptors (Lipinski definition) is 4. The molecule has 6 nitrogen and oxygen atoms in total. The summed E-state index contributed by atoms with van der Waals surface area (Å²) in [6, 6.07) is 13.0. The minimum Gasteiger partial charge on any atom is -0.463 e. The van der Waals surface area contributed by atoms with Crippen molar-refractivity contribution in [2.45, 2.75) is 18.9 Å². The lowest BCUT2D eigenvalue weighted by Crippen LogP contribution is -2.33. The fourth-order valence-electron chi connectivity index (χ4n) is 4.50. The summed E-state index contributed by atoms with van der Waals surface area (Å²) in [5.41, 5.74) is 8.18. The van der Waals surface area contributed by atoms with Crippen LogP contribution in [0, 0.1) is 11.8 Å². The Hall–Kier alpha value is -2.57. The molecular formula is C21H21ClN4O2. The van der Waals surface area contributed by atoms with Crippen molar-refractivity contribution in [3.63, 3.8) is 0 Å². The van der Waals surface area contributed by atoms with Crippen LogP contribution < -0.4 is 5.73 Å². The summed E-state index contributed by atoms with van der Waals surface area (Å²) in [5, 5.41) is 5.26. The van der Waals surface area contributed by atoms with Crippen LogP contribution in [0.2, 0.25) is 5.02 Å². The van der Waals surface area contributed by atoms with E-state index < -0.39 is 0 Å². The molecule has 7 heteroatoms. The smallest absolute Gasteiger partial charge is 0.274 e. The predicted molar refractivity (Wildman–Crippen MR) is 106 cm³/mol. The first-order valence-corrected chi connectivity index (χ1v) is 9.92. The lowest BCUT2D eigenvalue weighted by atomic mass is 9.98. The highest BCUT2D eigenvalue weighted by Crippen LogP contribution is 2.37. The van der Waals surface area contributed by atoms with E-state index >= 15 is 0 Å². The standard InChI is InChI=1S/C21H21ClN4O2/c22-14-4-6-15(7-5-14)26-19(20-2-1-9-28-20)10-18(24-26)21(27)25-11-13-3-8-17(23)16(13)12-25/h1-2,4-7,9-10,13,16-17H,3,8,11-12,23H2. The summed E-state index contributed by atoms with van der Waals surface area (Å²) < 4.78 is 7.30. The summed E-state index contributed by atoms with van der Waals surface area (Å²) in [5.74, 6) is 1.53. The number of hydrogen-bond donors (Lipinski definition) is 1. The zero-order valence-electron chi connectivity index (χ0n) is 15.3. The fourth-order valence-corrected chi connectivity index (χ4v) is 4.63. The van der Waals surface area contributed by atoms with Gasteiger partial charge in [0.1, 0.15) is 5.69 Å². The third-order valence-electron chi connectivity index (χ3n) is 5.97. The van der Waals surface area contributed by atoms with Crippen LogP contribution in [-0.2, 0) is 0 Å². The number of furan rings is 1. The minimum absolute atomic E-state index is 0.0536. The molecule has 1 aromatic carbocycles. The summed E-state index contributed by atoms with van der Waals surface area (Å²) in [6.45, 7) is 1.48. The number of nitrogens with zero attached hydrogens (tertiary/aromatic N) is 3. The zero-order valence-corrected chi connectivity index (χ0v) is 16.0. The van der Waals surface area contributed by atoms with Crippen LogP contribution in [-0.4, -0.2) is 39.7 Å². The van der Waals surface area contributed by atoms with Gasteiger partial charge in [0.2, 0.25) is 0 Å². The highest BCUT2D eigenvalue weighted by atomic mass is 35.5. The van der Waals surface area contributed by atoms with Crippen LogP contribution in [0.3, 0.4) is 0 Å². The first-order chi connectivity index (χ1) is 13.6. The molecule has 5 rings (SSSR count).